The summed E-state index contributed by atoms with van der Waals surface area (Å²) >= 11 is 0. The van der Waals surface area contributed by atoms with E-state index in [2.05, 4.69) is 10.6 Å². The van der Waals surface area contributed by atoms with Crippen molar-refractivity contribution < 1.29 is 23.4 Å². The Morgan fingerprint density at radius 1 is 0.906 bits per heavy atom. The number of anilines is 1. The van der Waals surface area contributed by atoms with Gasteiger partial charge in [-0.25, -0.2) is 4.39 Å². The molecular weight excluding hydrogens is 411 g/mol. The zero-order valence-corrected chi connectivity index (χ0v) is 17.9. The molecule has 6 nitrogen and oxygen atoms in total. The van der Waals surface area contributed by atoms with Crippen molar-refractivity contribution in [2.45, 2.75) is 24.9 Å². The summed E-state index contributed by atoms with van der Waals surface area (Å²) < 4.78 is 30.0. The highest BCUT2D eigenvalue weighted by molar-refractivity contribution is 5.86. The van der Waals surface area contributed by atoms with Crippen LogP contribution < -0.4 is 24.8 Å². The number of methoxy groups -OCH3 is 2. The molecule has 1 fully saturated rings. The minimum Gasteiger partial charge on any atom is -0.497 e. The average molecular weight is 436 g/mol. The lowest BCUT2D eigenvalue weighted by Gasteiger charge is -2.21. The van der Waals surface area contributed by atoms with E-state index in [-0.39, 0.29) is 17.8 Å². The molecule has 1 aliphatic carbocycles. The van der Waals surface area contributed by atoms with Gasteiger partial charge in [0.15, 0.2) is 11.5 Å². The Hall–Kier alpha value is -3.74. The molecule has 0 aliphatic heterocycles. The zero-order valence-electron chi connectivity index (χ0n) is 17.9. The maximum absolute atomic E-state index is 13.4. The molecule has 0 unspecified atom stereocenters. The van der Waals surface area contributed by atoms with Gasteiger partial charge in [-0.3, -0.25) is 4.79 Å². The van der Waals surface area contributed by atoms with E-state index in [9.17, 15) is 9.18 Å². The van der Waals surface area contributed by atoms with Crippen LogP contribution in [-0.2, 0) is 4.79 Å². The first kappa shape index (κ1) is 21.5. The van der Waals surface area contributed by atoms with Crippen molar-refractivity contribution in [2.75, 3.05) is 19.5 Å². The molecule has 7 heteroatoms. The predicted molar refractivity (Wildman–Crippen MR) is 120 cm³/mol. The van der Waals surface area contributed by atoms with E-state index >= 15 is 0 Å². The smallest absolute Gasteiger partial charge is 0.247 e. The van der Waals surface area contributed by atoms with Gasteiger partial charge >= 0.3 is 0 Å². The van der Waals surface area contributed by atoms with Gasteiger partial charge in [0.2, 0.25) is 5.91 Å². The summed E-state index contributed by atoms with van der Waals surface area (Å²) in [4.78, 5) is 12.9. The van der Waals surface area contributed by atoms with Gasteiger partial charge in [-0.1, -0.05) is 12.1 Å². The van der Waals surface area contributed by atoms with Crippen LogP contribution in [0.4, 0.5) is 10.1 Å². The van der Waals surface area contributed by atoms with Crippen molar-refractivity contribution >= 4 is 11.6 Å². The van der Waals surface area contributed by atoms with E-state index in [1.165, 1.54) is 12.1 Å². The highest BCUT2D eigenvalue weighted by Gasteiger charge is 2.28. The quantitative estimate of drug-likeness (QED) is 0.490. The molecular formula is C25H25FN2O4. The maximum atomic E-state index is 13.4. The Morgan fingerprint density at radius 3 is 2.22 bits per heavy atom. The van der Waals surface area contributed by atoms with Gasteiger partial charge in [-0.15, -0.1) is 0 Å². The Kier molecular flexibility index (Phi) is 6.44. The van der Waals surface area contributed by atoms with Crippen LogP contribution in [0.15, 0.2) is 66.7 Å². The second kappa shape index (κ2) is 9.60. The normalized spacial score (nSPS) is 13.7. The fourth-order valence-electron chi connectivity index (χ4n) is 3.25. The molecule has 3 aromatic rings. The molecule has 166 valence electrons. The van der Waals surface area contributed by atoms with Gasteiger partial charge in [0, 0.05) is 17.8 Å². The summed E-state index contributed by atoms with van der Waals surface area (Å²) in [6, 6.07) is 18.0. The van der Waals surface area contributed by atoms with Crippen LogP contribution in [0.3, 0.4) is 0 Å². The molecule has 1 aliphatic rings. The first-order valence-electron chi connectivity index (χ1n) is 10.4. The number of hydrogen-bond donors (Lipinski definition) is 2. The highest BCUT2D eigenvalue weighted by Crippen LogP contribution is 2.36. The summed E-state index contributed by atoms with van der Waals surface area (Å²) in [5.74, 6) is 1.86. The number of benzene rings is 3. The number of rotatable bonds is 9. The van der Waals surface area contributed by atoms with Crippen LogP contribution in [-0.4, -0.2) is 26.2 Å². The summed E-state index contributed by atoms with van der Waals surface area (Å²) in [6.45, 7) is 0. The Balaban J connectivity index is 1.58. The lowest BCUT2D eigenvalue weighted by atomic mass is 10.1. The molecule has 2 N–H and O–H groups in total. The second-order valence-corrected chi connectivity index (χ2v) is 7.55. The highest BCUT2D eigenvalue weighted by atomic mass is 19.1. The molecule has 1 amide bonds. The van der Waals surface area contributed by atoms with Crippen molar-refractivity contribution in [1.82, 2.24) is 5.32 Å². The molecule has 0 aromatic heterocycles. The molecule has 0 saturated heterocycles. The van der Waals surface area contributed by atoms with Gasteiger partial charge in [0.25, 0.3) is 0 Å². The van der Waals surface area contributed by atoms with E-state index < -0.39 is 6.04 Å². The van der Waals surface area contributed by atoms with E-state index in [0.717, 1.165) is 18.6 Å². The molecule has 32 heavy (non-hydrogen) atoms. The third-order valence-electron chi connectivity index (χ3n) is 5.15. The number of carbonyl (C=O) groups is 1. The molecule has 1 atom stereocenters. The van der Waals surface area contributed by atoms with E-state index in [4.69, 9.17) is 14.2 Å². The van der Waals surface area contributed by atoms with Crippen molar-refractivity contribution in [3.63, 3.8) is 0 Å². The minimum atomic E-state index is -0.682. The number of amides is 1. The molecule has 1 saturated carbocycles. The van der Waals surface area contributed by atoms with Crippen molar-refractivity contribution in [2.24, 2.45) is 0 Å². The zero-order chi connectivity index (χ0) is 22.5. The van der Waals surface area contributed by atoms with Crippen LogP contribution >= 0.6 is 0 Å². The second-order valence-electron chi connectivity index (χ2n) is 7.55. The van der Waals surface area contributed by atoms with Crippen LogP contribution in [0, 0.1) is 5.82 Å². The first-order valence-corrected chi connectivity index (χ1v) is 10.4. The molecule has 0 bridgehead atoms. The lowest BCUT2D eigenvalue weighted by Crippen LogP contribution is -2.34. The van der Waals surface area contributed by atoms with Crippen molar-refractivity contribution in [3.8, 4) is 23.0 Å². The standard InChI is InChI=1S/C25H25FN2O4/c1-30-20-10-12-21(13-11-20)32-23-15-19(9-14-22(23)31-2)27-24(25(29)28-18-7-8-18)16-3-5-17(26)6-4-16/h3-6,9-15,18,24,27H,7-8H2,1-2H3,(H,28,29)/t24-/m1/s1. The molecule has 0 radical (unpaired) electrons. The van der Waals surface area contributed by atoms with Gasteiger partial charge in [0.05, 0.1) is 14.2 Å². The van der Waals surface area contributed by atoms with Gasteiger partial charge in [0.1, 0.15) is 23.4 Å². The van der Waals surface area contributed by atoms with E-state index in [0.29, 0.717) is 28.5 Å². The summed E-state index contributed by atoms with van der Waals surface area (Å²) in [5.41, 5.74) is 1.33. The molecule has 4 rings (SSSR count). The predicted octanol–water partition coefficient (Wildman–Crippen LogP) is 5.07. The first-order chi connectivity index (χ1) is 15.6. The van der Waals surface area contributed by atoms with Crippen LogP contribution in [0.1, 0.15) is 24.4 Å². The van der Waals surface area contributed by atoms with E-state index in [1.54, 1.807) is 68.8 Å². The fraction of sp³-hybridized carbons (Fsp3) is 0.240. The Labute approximate surface area is 186 Å². The number of nitrogens with one attached hydrogen (secondary N) is 2. The summed E-state index contributed by atoms with van der Waals surface area (Å²) in [6.07, 6.45) is 1.95. The number of halogens is 1. The van der Waals surface area contributed by atoms with Crippen LogP contribution in [0.25, 0.3) is 0 Å². The largest absolute Gasteiger partial charge is 0.497 e. The fourth-order valence-corrected chi connectivity index (χ4v) is 3.25. The van der Waals surface area contributed by atoms with Gasteiger partial charge in [-0.05, 0) is 66.9 Å². The van der Waals surface area contributed by atoms with Crippen molar-refractivity contribution in [1.29, 1.82) is 0 Å². The maximum Gasteiger partial charge on any atom is 0.247 e. The topological polar surface area (TPSA) is 68.8 Å². The third kappa shape index (κ3) is 5.29. The monoisotopic (exact) mass is 436 g/mol. The third-order valence-corrected chi connectivity index (χ3v) is 5.15. The molecule has 0 spiro atoms. The van der Waals surface area contributed by atoms with Crippen molar-refractivity contribution in [3.05, 3.63) is 78.1 Å². The Bertz CT molecular complexity index is 1070. The summed E-state index contributed by atoms with van der Waals surface area (Å²) in [5, 5.41) is 6.27. The molecule has 3 aromatic carbocycles. The lowest BCUT2D eigenvalue weighted by molar-refractivity contribution is -0.122. The van der Waals surface area contributed by atoms with Gasteiger partial charge in [-0.2, -0.15) is 0 Å². The summed E-state index contributed by atoms with van der Waals surface area (Å²) in [7, 11) is 3.17. The number of hydrogen-bond acceptors (Lipinski definition) is 5. The molecule has 0 heterocycles. The number of carbonyl (C=O) groups excluding carboxylic acids is 1. The van der Waals surface area contributed by atoms with Crippen LogP contribution in [0.5, 0.6) is 23.0 Å². The van der Waals surface area contributed by atoms with E-state index in [1.807, 2.05) is 0 Å². The Morgan fingerprint density at radius 2 is 1.59 bits per heavy atom. The average Bonchev–Trinajstić information content (AvgIpc) is 3.63. The van der Waals surface area contributed by atoms with Gasteiger partial charge < -0.3 is 24.8 Å². The number of ether oxygens (including phenoxy) is 3. The van der Waals surface area contributed by atoms with Crippen LogP contribution in [0.2, 0.25) is 0 Å². The SMILES string of the molecule is COc1ccc(Oc2cc(N[C@@H](C(=O)NC3CC3)c3ccc(F)cc3)ccc2OC)cc1. The minimum absolute atomic E-state index is 0.160.